The molecule has 2 aliphatic heterocycles. The summed E-state index contributed by atoms with van der Waals surface area (Å²) >= 11 is 0. The normalized spacial score (nSPS) is 19.7. The highest BCUT2D eigenvalue weighted by Gasteiger charge is 2.38. The maximum Gasteiger partial charge on any atom is 0.293 e. The van der Waals surface area contributed by atoms with Crippen molar-refractivity contribution in [2.24, 2.45) is 7.05 Å². The lowest BCUT2D eigenvalue weighted by Crippen LogP contribution is -2.54. The average Bonchev–Trinajstić information content (AvgIpc) is 3.26. The van der Waals surface area contributed by atoms with Gasteiger partial charge in [-0.05, 0) is 13.8 Å². The lowest BCUT2D eigenvalue weighted by molar-refractivity contribution is 0.0364. The molecular formula is C16H23N9O2. The number of nitrogens with one attached hydrogen (secondary N) is 1. The highest BCUT2D eigenvalue weighted by atomic mass is 16.2. The maximum absolute atomic E-state index is 12.7. The number of nitrogens with zero attached hydrogens (tertiary/aromatic N) is 8. The molecule has 2 amide bonds. The Kier molecular flexibility index (Phi) is 4.38. The zero-order chi connectivity index (χ0) is 19.1. The average molecular weight is 373 g/mol. The van der Waals surface area contributed by atoms with E-state index in [1.165, 1.54) is 11.0 Å². The first-order valence-corrected chi connectivity index (χ1v) is 9.07. The number of carbonyl (C=O) groups is 2. The molecule has 144 valence electrons. The molecule has 0 aliphatic carbocycles. The minimum atomic E-state index is -0.223. The summed E-state index contributed by atoms with van der Waals surface area (Å²) in [4.78, 5) is 33.2. The van der Waals surface area contributed by atoms with Crippen molar-refractivity contribution in [1.82, 2.24) is 44.6 Å². The lowest BCUT2D eigenvalue weighted by Gasteiger charge is -2.43. The number of aryl methyl sites for hydroxylation is 1. The quantitative estimate of drug-likeness (QED) is 0.738. The number of aromatic nitrogens is 6. The van der Waals surface area contributed by atoms with Gasteiger partial charge in [0.2, 0.25) is 11.6 Å². The molecule has 0 spiro atoms. The minimum Gasteiger partial charge on any atom is -0.347 e. The van der Waals surface area contributed by atoms with E-state index >= 15 is 0 Å². The highest BCUT2D eigenvalue weighted by Crippen LogP contribution is 2.28. The van der Waals surface area contributed by atoms with Gasteiger partial charge in [0.1, 0.15) is 6.33 Å². The molecule has 2 aromatic rings. The van der Waals surface area contributed by atoms with E-state index < -0.39 is 0 Å². The largest absolute Gasteiger partial charge is 0.347 e. The zero-order valence-electron chi connectivity index (χ0n) is 15.7. The number of piperazine rings is 1. The summed E-state index contributed by atoms with van der Waals surface area (Å²) < 4.78 is 3.38. The molecule has 1 fully saturated rings. The zero-order valence-corrected chi connectivity index (χ0v) is 15.7. The van der Waals surface area contributed by atoms with Crippen molar-refractivity contribution in [1.29, 1.82) is 0 Å². The number of hydrogen-bond acceptors (Lipinski definition) is 7. The molecule has 2 aliphatic rings. The van der Waals surface area contributed by atoms with Gasteiger partial charge in [-0.25, -0.2) is 4.98 Å². The number of hydrogen-bond donors (Lipinski definition) is 1. The Bertz CT molecular complexity index is 871. The van der Waals surface area contributed by atoms with Crippen LogP contribution in [0.3, 0.4) is 0 Å². The molecule has 0 aromatic carbocycles. The van der Waals surface area contributed by atoms with E-state index in [2.05, 4.69) is 30.5 Å². The van der Waals surface area contributed by atoms with Crippen LogP contribution in [0.2, 0.25) is 0 Å². The Hall–Kier alpha value is -2.82. The summed E-state index contributed by atoms with van der Waals surface area (Å²) in [5, 5.41) is 15.4. The van der Waals surface area contributed by atoms with E-state index in [4.69, 9.17) is 0 Å². The van der Waals surface area contributed by atoms with Crippen LogP contribution in [-0.4, -0.2) is 83.4 Å². The van der Waals surface area contributed by atoms with Gasteiger partial charge in [-0.2, -0.15) is 0 Å². The maximum atomic E-state index is 12.7. The third-order valence-electron chi connectivity index (χ3n) is 4.88. The molecule has 4 rings (SSSR count). The van der Waals surface area contributed by atoms with Crippen LogP contribution in [0.4, 0.5) is 0 Å². The second kappa shape index (κ2) is 6.72. The van der Waals surface area contributed by atoms with Gasteiger partial charge in [-0.15, -0.1) is 15.3 Å². The summed E-state index contributed by atoms with van der Waals surface area (Å²) in [5.41, 5.74) is 0. The minimum absolute atomic E-state index is 0.0270. The van der Waals surface area contributed by atoms with Gasteiger partial charge in [0, 0.05) is 45.8 Å². The molecule has 2 aromatic heterocycles. The molecule has 1 saturated heterocycles. The van der Waals surface area contributed by atoms with Crippen molar-refractivity contribution in [3.05, 3.63) is 23.8 Å². The van der Waals surface area contributed by atoms with Crippen molar-refractivity contribution in [3.8, 4) is 0 Å². The fourth-order valence-corrected chi connectivity index (χ4v) is 3.60. The van der Waals surface area contributed by atoms with Gasteiger partial charge in [0.15, 0.2) is 5.82 Å². The van der Waals surface area contributed by atoms with Gasteiger partial charge in [0.05, 0.1) is 6.04 Å². The van der Waals surface area contributed by atoms with Gasteiger partial charge in [-0.1, -0.05) is 0 Å². The van der Waals surface area contributed by atoms with Crippen LogP contribution in [0, 0.1) is 0 Å². The van der Waals surface area contributed by atoms with Crippen LogP contribution >= 0.6 is 0 Å². The van der Waals surface area contributed by atoms with Gasteiger partial charge < -0.3 is 14.8 Å². The Morgan fingerprint density at radius 2 is 1.96 bits per heavy atom. The fourth-order valence-electron chi connectivity index (χ4n) is 3.60. The third-order valence-corrected chi connectivity index (χ3v) is 4.88. The van der Waals surface area contributed by atoms with Crippen molar-refractivity contribution >= 4 is 11.8 Å². The molecule has 0 bridgehead atoms. The first-order chi connectivity index (χ1) is 12.9. The number of amides is 2. The van der Waals surface area contributed by atoms with Gasteiger partial charge >= 0.3 is 0 Å². The second-order valence-corrected chi connectivity index (χ2v) is 7.21. The number of fused-ring (bicyclic) bond motifs is 3. The smallest absolute Gasteiger partial charge is 0.293 e. The molecule has 1 atom stereocenters. The molecule has 0 saturated carbocycles. The summed E-state index contributed by atoms with van der Waals surface area (Å²) in [7, 11) is 1.73. The number of rotatable bonds is 3. The number of carbonyl (C=O) groups excluding carboxylic acids is 2. The Morgan fingerprint density at radius 1 is 1.19 bits per heavy atom. The Morgan fingerprint density at radius 3 is 2.67 bits per heavy atom. The monoisotopic (exact) mass is 373 g/mol. The molecule has 11 nitrogen and oxygen atoms in total. The van der Waals surface area contributed by atoms with Gasteiger partial charge in [-0.3, -0.25) is 19.2 Å². The summed E-state index contributed by atoms with van der Waals surface area (Å²) in [6.45, 7) is 7.09. The van der Waals surface area contributed by atoms with E-state index in [1.807, 2.05) is 18.4 Å². The van der Waals surface area contributed by atoms with Crippen LogP contribution in [0.15, 0.2) is 6.33 Å². The summed E-state index contributed by atoms with van der Waals surface area (Å²) in [5.74, 6) is 0.832. The standard InChI is InChI=1S/C16H23N9O2/c1-10(2)18-15(26)14-20-19-13-11-8-24(5-4-23(11)6-7-25(13)14)16(27)12-17-9-22(3)21-12/h9-11H,4-8H2,1-3H3,(H,18,26)/t11-/m1/s1. The predicted molar refractivity (Wildman–Crippen MR) is 93.8 cm³/mol. The topological polar surface area (TPSA) is 114 Å². The Balaban J connectivity index is 1.56. The first-order valence-electron chi connectivity index (χ1n) is 9.07. The van der Waals surface area contributed by atoms with E-state index in [1.54, 1.807) is 11.9 Å². The molecular weight excluding hydrogens is 350 g/mol. The third kappa shape index (κ3) is 3.18. The highest BCUT2D eigenvalue weighted by molar-refractivity contribution is 5.91. The van der Waals surface area contributed by atoms with Crippen LogP contribution < -0.4 is 5.32 Å². The van der Waals surface area contributed by atoms with E-state index in [-0.39, 0.29) is 29.7 Å². The second-order valence-electron chi connectivity index (χ2n) is 7.21. The molecule has 11 heteroatoms. The molecule has 4 heterocycles. The SMILES string of the molecule is CC(C)NC(=O)c1nnc2n1CCN1CCN(C(=O)c3ncn(C)n3)C[C@H]21. The van der Waals surface area contributed by atoms with Crippen molar-refractivity contribution < 1.29 is 9.59 Å². The van der Waals surface area contributed by atoms with E-state index in [0.29, 0.717) is 25.5 Å². The first kappa shape index (κ1) is 17.6. The van der Waals surface area contributed by atoms with Crippen LogP contribution in [-0.2, 0) is 13.6 Å². The van der Waals surface area contributed by atoms with Crippen LogP contribution in [0.25, 0.3) is 0 Å². The van der Waals surface area contributed by atoms with Crippen molar-refractivity contribution in [2.45, 2.75) is 32.5 Å². The van der Waals surface area contributed by atoms with E-state index in [0.717, 1.165) is 18.9 Å². The molecule has 0 unspecified atom stereocenters. The molecule has 0 radical (unpaired) electrons. The predicted octanol–water partition coefficient (Wildman–Crippen LogP) is -0.942. The van der Waals surface area contributed by atoms with Crippen LogP contribution in [0.1, 0.15) is 47.0 Å². The Labute approximate surface area is 156 Å². The summed E-state index contributed by atoms with van der Waals surface area (Å²) in [6.07, 6.45) is 1.51. The summed E-state index contributed by atoms with van der Waals surface area (Å²) in [6, 6.07) is -0.0625. The van der Waals surface area contributed by atoms with E-state index in [9.17, 15) is 9.59 Å². The van der Waals surface area contributed by atoms with Crippen molar-refractivity contribution in [3.63, 3.8) is 0 Å². The fraction of sp³-hybridized carbons (Fsp3) is 0.625. The molecule has 27 heavy (non-hydrogen) atoms. The van der Waals surface area contributed by atoms with Gasteiger partial charge in [0.25, 0.3) is 11.8 Å². The van der Waals surface area contributed by atoms with Crippen LogP contribution in [0.5, 0.6) is 0 Å². The lowest BCUT2D eigenvalue weighted by atomic mass is 10.1. The van der Waals surface area contributed by atoms with Crippen molar-refractivity contribution in [2.75, 3.05) is 26.2 Å². The molecule has 1 N–H and O–H groups in total.